The summed E-state index contributed by atoms with van der Waals surface area (Å²) in [6.07, 6.45) is -0.616. The molecule has 2 unspecified atom stereocenters. The average molecular weight is 355 g/mol. The van der Waals surface area contributed by atoms with E-state index in [0.29, 0.717) is 13.0 Å². The van der Waals surface area contributed by atoms with Crippen molar-refractivity contribution in [1.82, 2.24) is 4.90 Å². The van der Waals surface area contributed by atoms with Crippen LogP contribution in [0.15, 0.2) is 24.3 Å². The lowest BCUT2D eigenvalue weighted by molar-refractivity contribution is -0.141. The van der Waals surface area contributed by atoms with Crippen LogP contribution in [0, 0.1) is 0 Å². The highest BCUT2D eigenvalue weighted by molar-refractivity contribution is 7.91. The van der Waals surface area contributed by atoms with Gasteiger partial charge in [-0.25, -0.2) is 13.2 Å². The van der Waals surface area contributed by atoms with Gasteiger partial charge in [-0.15, -0.1) is 0 Å². The maximum absolute atomic E-state index is 12.5. The third-order valence-electron chi connectivity index (χ3n) is 4.01. The molecule has 2 atom stereocenters. The number of esters is 1. The van der Waals surface area contributed by atoms with Crippen LogP contribution in [0.1, 0.15) is 30.6 Å². The molecular formula is C16H21NO6S. The minimum Gasteiger partial charge on any atom is -0.508 e. The minimum atomic E-state index is -3.11. The van der Waals surface area contributed by atoms with Gasteiger partial charge in [-0.05, 0) is 44.5 Å². The monoisotopic (exact) mass is 355 g/mol. The maximum atomic E-state index is 12.5. The van der Waals surface area contributed by atoms with E-state index in [2.05, 4.69) is 0 Å². The number of carbonyl (C=O) groups excluding carboxylic acids is 2. The van der Waals surface area contributed by atoms with Crippen molar-refractivity contribution in [3.8, 4) is 5.75 Å². The first-order valence-corrected chi connectivity index (χ1v) is 9.56. The zero-order valence-corrected chi connectivity index (χ0v) is 14.5. The molecule has 1 N–H and O–H groups in total. The van der Waals surface area contributed by atoms with Gasteiger partial charge in [0.2, 0.25) is 0 Å². The molecule has 1 heterocycles. The molecule has 1 amide bonds. The second-order valence-electron chi connectivity index (χ2n) is 5.78. The lowest BCUT2D eigenvalue weighted by Crippen LogP contribution is -2.46. The van der Waals surface area contributed by atoms with E-state index >= 15 is 0 Å². The molecule has 1 aromatic carbocycles. The highest BCUT2D eigenvalue weighted by atomic mass is 32.2. The van der Waals surface area contributed by atoms with Gasteiger partial charge in [0.05, 0.1) is 17.1 Å². The molecule has 132 valence electrons. The quantitative estimate of drug-likeness (QED) is 0.790. The zero-order chi connectivity index (χ0) is 17.9. The number of hydrogen-bond donors (Lipinski definition) is 1. The number of phenols is 1. The van der Waals surface area contributed by atoms with Gasteiger partial charge >= 0.3 is 5.97 Å². The fourth-order valence-corrected chi connectivity index (χ4v) is 4.46. The van der Waals surface area contributed by atoms with Crippen LogP contribution in [0.2, 0.25) is 0 Å². The van der Waals surface area contributed by atoms with Crippen LogP contribution in [0.5, 0.6) is 5.75 Å². The largest absolute Gasteiger partial charge is 0.508 e. The van der Waals surface area contributed by atoms with Crippen LogP contribution in [0.3, 0.4) is 0 Å². The molecule has 1 aliphatic rings. The van der Waals surface area contributed by atoms with Gasteiger partial charge in [-0.2, -0.15) is 0 Å². The number of aromatic hydroxyl groups is 1. The summed E-state index contributed by atoms with van der Waals surface area (Å²) in [6, 6.07) is 5.13. The van der Waals surface area contributed by atoms with Crippen molar-refractivity contribution < 1.29 is 27.9 Å². The van der Waals surface area contributed by atoms with E-state index in [1.165, 1.54) is 36.1 Å². The lowest BCUT2D eigenvalue weighted by Gasteiger charge is -2.29. The first-order chi connectivity index (χ1) is 11.2. The number of rotatable bonds is 5. The Morgan fingerprint density at radius 2 is 1.96 bits per heavy atom. The fourth-order valence-electron chi connectivity index (χ4n) is 2.73. The number of benzene rings is 1. The molecule has 1 fully saturated rings. The van der Waals surface area contributed by atoms with Crippen LogP contribution in [-0.4, -0.2) is 60.5 Å². The molecule has 7 nitrogen and oxygen atoms in total. The van der Waals surface area contributed by atoms with Crippen molar-refractivity contribution in [3.63, 3.8) is 0 Å². The molecule has 0 aromatic heterocycles. The molecule has 0 radical (unpaired) electrons. The third-order valence-corrected chi connectivity index (χ3v) is 5.76. The lowest BCUT2D eigenvalue weighted by atomic mass is 10.2. The number of hydrogen-bond acceptors (Lipinski definition) is 6. The Labute approximate surface area is 141 Å². The predicted octanol–water partition coefficient (Wildman–Crippen LogP) is 0.973. The van der Waals surface area contributed by atoms with Gasteiger partial charge in [0.25, 0.3) is 5.91 Å². The summed E-state index contributed by atoms with van der Waals surface area (Å²) in [6.45, 7) is 3.57. The first-order valence-electron chi connectivity index (χ1n) is 7.74. The summed E-state index contributed by atoms with van der Waals surface area (Å²) >= 11 is 0. The molecule has 1 saturated heterocycles. The number of ether oxygens (including phenoxy) is 1. The second-order valence-corrected chi connectivity index (χ2v) is 8.00. The summed E-state index contributed by atoms with van der Waals surface area (Å²) in [5.41, 5.74) is 0.221. The smallest absolute Gasteiger partial charge is 0.338 e. The van der Waals surface area contributed by atoms with Crippen molar-refractivity contribution in [3.05, 3.63) is 29.8 Å². The molecule has 0 bridgehead atoms. The normalized spacial score (nSPS) is 20.3. The highest BCUT2D eigenvalue weighted by Crippen LogP contribution is 2.19. The highest BCUT2D eigenvalue weighted by Gasteiger charge is 2.36. The Balaban J connectivity index is 2.02. The summed E-state index contributed by atoms with van der Waals surface area (Å²) in [7, 11) is -3.11. The van der Waals surface area contributed by atoms with Crippen molar-refractivity contribution in [2.45, 2.75) is 32.4 Å². The van der Waals surface area contributed by atoms with Gasteiger partial charge < -0.3 is 14.7 Å². The van der Waals surface area contributed by atoms with Crippen LogP contribution < -0.4 is 0 Å². The Kier molecular flexibility index (Phi) is 5.48. The van der Waals surface area contributed by atoms with E-state index in [0.717, 1.165) is 0 Å². The van der Waals surface area contributed by atoms with Crippen molar-refractivity contribution >= 4 is 21.7 Å². The number of nitrogens with zero attached hydrogens (tertiary/aromatic N) is 1. The number of sulfone groups is 1. The molecule has 2 rings (SSSR count). The zero-order valence-electron chi connectivity index (χ0n) is 13.6. The van der Waals surface area contributed by atoms with Gasteiger partial charge in [0.15, 0.2) is 15.9 Å². The molecule has 1 aromatic rings. The summed E-state index contributed by atoms with van der Waals surface area (Å²) in [4.78, 5) is 26.0. The number of amides is 1. The maximum Gasteiger partial charge on any atom is 0.338 e. The average Bonchev–Trinajstić information content (AvgIpc) is 2.88. The third kappa shape index (κ3) is 4.25. The van der Waals surface area contributed by atoms with Crippen molar-refractivity contribution in [1.29, 1.82) is 0 Å². The van der Waals surface area contributed by atoms with Crippen LogP contribution >= 0.6 is 0 Å². The van der Waals surface area contributed by atoms with Gasteiger partial charge in [0, 0.05) is 12.6 Å². The summed E-state index contributed by atoms with van der Waals surface area (Å²) < 4.78 is 28.4. The Morgan fingerprint density at radius 3 is 2.46 bits per heavy atom. The second kappa shape index (κ2) is 7.21. The molecule has 24 heavy (non-hydrogen) atoms. The molecule has 0 aliphatic carbocycles. The Bertz CT molecular complexity index is 713. The van der Waals surface area contributed by atoms with Gasteiger partial charge in [-0.3, -0.25) is 4.79 Å². The van der Waals surface area contributed by atoms with Crippen molar-refractivity contribution in [2.75, 3.05) is 18.1 Å². The molecule has 0 spiro atoms. The first kappa shape index (κ1) is 18.3. The predicted molar refractivity (Wildman–Crippen MR) is 87.4 cm³/mol. The van der Waals surface area contributed by atoms with E-state index in [-0.39, 0.29) is 28.9 Å². The standard InChI is InChI=1S/C16H21NO6S/c1-3-17(13-8-9-24(21,22)10-13)15(19)11(2)23-16(20)12-4-6-14(18)7-5-12/h4-7,11,13,18H,3,8-10H2,1-2H3. The minimum absolute atomic E-state index is 0.0234. The van der Waals surface area contributed by atoms with E-state index in [9.17, 15) is 23.1 Å². The van der Waals surface area contributed by atoms with Crippen LogP contribution in [0.4, 0.5) is 0 Å². The summed E-state index contributed by atoms with van der Waals surface area (Å²) in [5, 5.41) is 9.21. The molecular weight excluding hydrogens is 334 g/mol. The van der Waals surface area contributed by atoms with E-state index in [1.807, 2.05) is 0 Å². The van der Waals surface area contributed by atoms with E-state index in [4.69, 9.17) is 4.74 Å². The topological polar surface area (TPSA) is 101 Å². The van der Waals surface area contributed by atoms with Crippen LogP contribution in [0.25, 0.3) is 0 Å². The molecule has 1 aliphatic heterocycles. The number of likely N-dealkylation sites (N-methyl/N-ethyl adjacent to an activating group) is 1. The van der Waals surface area contributed by atoms with Crippen LogP contribution in [-0.2, 0) is 19.4 Å². The fraction of sp³-hybridized carbons (Fsp3) is 0.500. The molecule has 8 heteroatoms. The van der Waals surface area contributed by atoms with Gasteiger partial charge in [0.1, 0.15) is 5.75 Å². The SMILES string of the molecule is CCN(C(=O)C(C)OC(=O)c1ccc(O)cc1)C1CCS(=O)(=O)C1. The number of carbonyl (C=O) groups is 2. The number of phenolic OH excluding ortho intramolecular Hbond substituents is 1. The van der Waals surface area contributed by atoms with Gasteiger partial charge in [-0.1, -0.05) is 0 Å². The Morgan fingerprint density at radius 1 is 1.33 bits per heavy atom. The molecule has 0 saturated carbocycles. The Hall–Kier alpha value is -2.09. The van der Waals surface area contributed by atoms with E-state index in [1.54, 1.807) is 6.92 Å². The summed E-state index contributed by atoms with van der Waals surface area (Å²) in [5.74, 6) is -1.04. The van der Waals surface area contributed by atoms with Crippen molar-refractivity contribution in [2.24, 2.45) is 0 Å². The van der Waals surface area contributed by atoms with E-state index < -0.39 is 27.8 Å².